The molecule has 1 saturated carbocycles. The Morgan fingerprint density at radius 2 is 1.59 bits per heavy atom. The van der Waals surface area contributed by atoms with E-state index >= 15 is 0 Å². The third-order valence-corrected chi connectivity index (χ3v) is 8.73. The molecule has 0 bridgehead atoms. The summed E-state index contributed by atoms with van der Waals surface area (Å²) in [5.74, 6) is -0.703. The number of amides is 1. The van der Waals surface area contributed by atoms with E-state index in [0.29, 0.717) is 17.2 Å². The van der Waals surface area contributed by atoms with Gasteiger partial charge in [0.05, 0.1) is 18.4 Å². The Morgan fingerprint density at radius 1 is 0.795 bits per heavy atom. The van der Waals surface area contributed by atoms with Crippen LogP contribution in [0.1, 0.15) is 60.3 Å². The van der Waals surface area contributed by atoms with Crippen molar-refractivity contribution in [1.29, 1.82) is 0 Å². The number of rotatable bonds is 11. The van der Waals surface area contributed by atoms with Crippen molar-refractivity contribution in [3.05, 3.63) is 124 Å². The van der Waals surface area contributed by atoms with Gasteiger partial charge in [-0.25, -0.2) is 0 Å². The number of benzene rings is 4. The molecular formula is C37H34ClNO5. The lowest BCUT2D eigenvalue weighted by atomic mass is 9.99. The number of aryl methyl sites for hydroxylation is 2. The highest BCUT2D eigenvalue weighted by molar-refractivity contribution is 6.30. The molecule has 1 amide bonds. The van der Waals surface area contributed by atoms with Crippen LogP contribution in [0.5, 0.6) is 5.75 Å². The largest absolute Gasteiger partial charge is 0.461 e. The molecule has 7 heteroatoms. The summed E-state index contributed by atoms with van der Waals surface area (Å²) in [5.41, 5.74) is 5.68. The van der Waals surface area contributed by atoms with Crippen LogP contribution in [0, 0.1) is 0 Å². The highest BCUT2D eigenvalue weighted by atomic mass is 35.5. The summed E-state index contributed by atoms with van der Waals surface area (Å²) in [6, 6.07) is 31.0. The Labute approximate surface area is 262 Å². The van der Waals surface area contributed by atoms with Crippen LogP contribution in [-0.4, -0.2) is 23.4 Å². The molecule has 1 N–H and O–H groups in total. The molecule has 2 atom stereocenters. The molecule has 0 aliphatic heterocycles. The summed E-state index contributed by atoms with van der Waals surface area (Å²) in [6.07, 6.45) is 3.69. The third-order valence-electron chi connectivity index (χ3n) is 8.49. The van der Waals surface area contributed by atoms with Crippen LogP contribution in [0.3, 0.4) is 0 Å². The Bertz CT molecular complexity index is 1670. The number of halogens is 1. The van der Waals surface area contributed by atoms with E-state index in [9.17, 15) is 14.4 Å². The van der Waals surface area contributed by atoms with E-state index in [2.05, 4.69) is 5.32 Å². The van der Waals surface area contributed by atoms with E-state index in [1.54, 1.807) is 0 Å². The van der Waals surface area contributed by atoms with Gasteiger partial charge in [-0.15, -0.1) is 0 Å². The van der Waals surface area contributed by atoms with Crippen molar-refractivity contribution in [1.82, 2.24) is 5.32 Å². The fourth-order valence-corrected chi connectivity index (χ4v) is 6.28. The average molecular weight is 608 g/mol. The summed E-state index contributed by atoms with van der Waals surface area (Å²) in [7, 11) is 0. The smallest absolute Gasteiger partial charge is 0.311 e. The van der Waals surface area contributed by atoms with Crippen LogP contribution in [-0.2, 0) is 38.6 Å². The zero-order valence-electron chi connectivity index (χ0n) is 24.4. The van der Waals surface area contributed by atoms with Gasteiger partial charge in [0.25, 0.3) is 0 Å². The normalized spacial score (nSPS) is 18.2. The van der Waals surface area contributed by atoms with Gasteiger partial charge in [0.1, 0.15) is 12.4 Å². The molecule has 6 nitrogen and oxygen atoms in total. The fraction of sp³-hybridized carbons (Fsp3) is 0.270. The summed E-state index contributed by atoms with van der Waals surface area (Å²) < 4.78 is 11.1. The fourth-order valence-electron chi connectivity index (χ4n) is 6.09. The van der Waals surface area contributed by atoms with E-state index in [0.717, 1.165) is 41.5 Å². The first-order valence-corrected chi connectivity index (χ1v) is 15.4. The number of hydrogen-bond donors (Lipinski definition) is 1. The van der Waals surface area contributed by atoms with Crippen LogP contribution in [0.2, 0.25) is 5.02 Å². The number of nitrogens with one attached hydrogen (secondary N) is 1. The second-order valence-electron chi connectivity index (χ2n) is 11.7. The first-order chi connectivity index (χ1) is 21.4. The van der Waals surface area contributed by atoms with Crippen LogP contribution < -0.4 is 10.1 Å². The Hall–Kier alpha value is -4.42. The summed E-state index contributed by atoms with van der Waals surface area (Å²) in [6.45, 7) is 0.164. The second-order valence-corrected chi connectivity index (χ2v) is 12.1. The maximum atomic E-state index is 13.1. The molecule has 2 aliphatic carbocycles. The molecule has 2 aliphatic rings. The highest BCUT2D eigenvalue weighted by Crippen LogP contribution is 2.54. The summed E-state index contributed by atoms with van der Waals surface area (Å²) >= 11 is 6.18. The van der Waals surface area contributed by atoms with E-state index in [1.807, 2.05) is 97.1 Å². The maximum Gasteiger partial charge on any atom is 0.311 e. The van der Waals surface area contributed by atoms with Gasteiger partial charge >= 0.3 is 11.9 Å². The summed E-state index contributed by atoms with van der Waals surface area (Å²) in [4.78, 5) is 38.7. The first kappa shape index (κ1) is 29.6. The van der Waals surface area contributed by atoms with Crippen LogP contribution in [0.15, 0.2) is 97.1 Å². The number of carbonyl (C=O) groups is 3. The van der Waals surface area contributed by atoms with Crippen molar-refractivity contribution in [3.8, 4) is 16.9 Å². The molecule has 0 radical (unpaired) electrons. The molecule has 0 saturated heterocycles. The van der Waals surface area contributed by atoms with E-state index in [1.165, 1.54) is 11.1 Å². The van der Waals surface area contributed by atoms with Gasteiger partial charge in [0.2, 0.25) is 5.91 Å². The van der Waals surface area contributed by atoms with Crippen LogP contribution in [0.4, 0.5) is 0 Å². The number of hydrogen-bond acceptors (Lipinski definition) is 5. The lowest BCUT2D eigenvalue weighted by molar-refractivity contribution is -0.146. The topological polar surface area (TPSA) is 81.7 Å². The van der Waals surface area contributed by atoms with Crippen molar-refractivity contribution >= 4 is 29.4 Å². The lowest BCUT2D eigenvalue weighted by Gasteiger charge is -2.19. The molecule has 0 spiro atoms. The number of carbonyl (C=O) groups excluding carboxylic acids is 3. The Balaban J connectivity index is 1.10. The minimum atomic E-state index is -0.785. The molecule has 1 unspecified atom stereocenters. The van der Waals surface area contributed by atoms with E-state index in [4.69, 9.17) is 21.1 Å². The predicted molar refractivity (Wildman–Crippen MR) is 169 cm³/mol. The lowest BCUT2D eigenvalue weighted by Crippen LogP contribution is -2.40. The molecule has 4 aromatic rings. The van der Waals surface area contributed by atoms with Crippen molar-refractivity contribution in [2.75, 3.05) is 0 Å². The van der Waals surface area contributed by atoms with Gasteiger partial charge in [-0.05, 0) is 83.3 Å². The maximum absolute atomic E-state index is 13.1. The highest BCUT2D eigenvalue weighted by Gasteiger charge is 2.57. The minimum Gasteiger partial charge on any atom is -0.461 e. The molecular weight excluding hydrogens is 574 g/mol. The van der Waals surface area contributed by atoms with Gasteiger partial charge in [0, 0.05) is 17.4 Å². The SMILES string of the molecule is O=C(CCC(=O)Oc1ccc2c(c1)CCC2)NC1(CC(=O)OCc2ccccc2)C[C@H]1c1ccc(-c2cccc(Cl)c2)cc1. The second kappa shape index (κ2) is 13.1. The average Bonchev–Trinajstić information content (AvgIpc) is 3.50. The third kappa shape index (κ3) is 7.20. The van der Waals surface area contributed by atoms with Crippen molar-refractivity contribution in [3.63, 3.8) is 0 Å². The quantitative estimate of drug-likeness (QED) is 0.142. The minimum absolute atomic E-state index is 0.0336. The van der Waals surface area contributed by atoms with Gasteiger partial charge in [-0.2, -0.15) is 0 Å². The molecule has 44 heavy (non-hydrogen) atoms. The predicted octanol–water partition coefficient (Wildman–Crippen LogP) is 7.36. The molecule has 6 rings (SSSR count). The van der Waals surface area contributed by atoms with Gasteiger partial charge in [-0.1, -0.05) is 84.4 Å². The summed E-state index contributed by atoms with van der Waals surface area (Å²) in [5, 5.41) is 3.75. The Morgan fingerprint density at radius 3 is 2.39 bits per heavy atom. The number of esters is 2. The Kier molecular flexibility index (Phi) is 8.80. The number of fused-ring (bicyclic) bond motifs is 1. The standard InChI is InChI=1S/C37H34ClNO5/c38-31-11-5-10-29(20-31)27-12-14-28(15-13-27)33-22-37(33,23-36(42)43-24-25-6-2-1-3-7-25)39-34(40)18-19-35(41)44-32-17-16-26-8-4-9-30(26)21-32/h1-3,5-7,10-17,20-21,33H,4,8-9,18-19,22-24H2,(H,39,40)/t33-,37?/m0/s1. The number of ether oxygens (including phenoxy) is 2. The first-order valence-electron chi connectivity index (χ1n) is 15.1. The molecule has 4 aromatic carbocycles. The zero-order valence-corrected chi connectivity index (χ0v) is 25.1. The molecule has 1 fully saturated rings. The molecule has 224 valence electrons. The van der Waals surface area contributed by atoms with Crippen molar-refractivity contribution in [2.45, 2.75) is 63.0 Å². The molecule has 0 aromatic heterocycles. The van der Waals surface area contributed by atoms with Gasteiger partial charge in [0.15, 0.2) is 0 Å². The zero-order chi connectivity index (χ0) is 30.5. The van der Waals surface area contributed by atoms with Crippen LogP contribution in [0.25, 0.3) is 11.1 Å². The molecule has 0 heterocycles. The van der Waals surface area contributed by atoms with Crippen LogP contribution >= 0.6 is 11.6 Å². The van der Waals surface area contributed by atoms with Crippen molar-refractivity contribution in [2.24, 2.45) is 0 Å². The van der Waals surface area contributed by atoms with E-state index in [-0.39, 0.29) is 43.7 Å². The van der Waals surface area contributed by atoms with Crippen molar-refractivity contribution < 1.29 is 23.9 Å². The monoisotopic (exact) mass is 607 g/mol. The van der Waals surface area contributed by atoms with Gasteiger partial charge < -0.3 is 14.8 Å². The van der Waals surface area contributed by atoms with E-state index < -0.39 is 11.5 Å². The van der Waals surface area contributed by atoms with Gasteiger partial charge in [-0.3, -0.25) is 14.4 Å².